The summed E-state index contributed by atoms with van der Waals surface area (Å²) in [5.74, 6) is 0.179. The van der Waals surface area contributed by atoms with E-state index in [4.69, 9.17) is 0 Å². The van der Waals surface area contributed by atoms with Crippen LogP contribution in [-0.4, -0.2) is 65.3 Å². The van der Waals surface area contributed by atoms with Gasteiger partial charge in [0, 0.05) is 19.6 Å². The van der Waals surface area contributed by atoms with Crippen LogP contribution < -0.4 is 5.32 Å². The first-order valence-electron chi connectivity index (χ1n) is 11.4. The van der Waals surface area contributed by atoms with Crippen LogP contribution in [0.15, 0.2) is 24.3 Å². The number of likely N-dealkylation sites (N-methyl/N-ethyl adjacent to an activating group) is 1. The average Bonchev–Trinajstić information content (AvgIpc) is 2.97. The van der Waals surface area contributed by atoms with Crippen LogP contribution in [-0.2, 0) is 22.7 Å². The molecule has 1 aliphatic heterocycles. The Morgan fingerprint density at radius 3 is 2.16 bits per heavy atom. The topological polar surface area (TPSA) is 73.0 Å². The fourth-order valence-electron chi connectivity index (χ4n) is 4.68. The van der Waals surface area contributed by atoms with Crippen molar-refractivity contribution in [3.8, 4) is 0 Å². The van der Waals surface area contributed by atoms with Crippen LogP contribution in [0.5, 0.6) is 0 Å². The molecule has 1 saturated carbocycles. The molecule has 3 rings (SSSR count). The molecule has 1 aromatic carbocycles. The fraction of sp³-hybridized carbons (Fsp3) is 0.625. The Kier molecular flexibility index (Phi) is 7.36. The largest absolute Gasteiger partial charge is 0.337 e. The zero-order valence-electron chi connectivity index (χ0n) is 19.3. The molecule has 0 unspecified atom stereocenters. The maximum absolute atomic E-state index is 13.1. The van der Waals surface area contributed by atoms with E-state index in [1.54, 1.807) is 4.90 Å². The van der Waals surface area contributed by atoms with E-state index in [0.717, 1.165) is 36.3 Å². The van der Waals surface area contributed by atoms with Gasteiger partial charge in [0.15, 0.2) is 0 Å². The quantitative estimate of drug-likeness (QED) is 0.646. The molecule has 7 nitrogen and oxygen atoms in total. The second-order valence-electron chi connectivity index (χ2n) is 9.22. The van der Waals surface area contributed by atoms with E-state index >= 15 is 0 Å². The lowest BCUT2D eigenvalue weighted by atomic mass is 9.75. The molecule has 31 heavy (non-hydrogen) atoms. The molecule has 170 valence electrons. The van der Waals surface area contributed by atoms with Crippen molar-refractivity contribution in [1.29, 1.82) is 0 Å². The molecule has 1 aliphatic carbocycles. The Hall–Kier alpha value is -2.41. The summed E-state index contributed by atoms with van der Waals surface area (Å²) in [5, 5.41) is 2.91. The van der Waals surface area contributed by atoms with Crippen LogP contribution in [0.2, 0.25) is 0 Å². The van der Waals surface area contributed by atoms with Crippen LogP contribution in [0.3, 0.4) is 0 Å². The van der Waals surface area contributed by atoms with Crippen molar-refractivity contribution in [3.05, 3.63) is 35.4 Å². The smallest absolute Gasteiger partial charge is 0.325 e. The molecule has 2 fully saturated rings. The minimum atomic E-state index is -0.803. The van der Waals surface area contributed by atoms with Gasteiger partial charge in [0.1, 0.15) is 12.1 Å². The maximum atomic E-state index is 13.1. The monoisotopic (exact) mass is 428 g/mol. The number of carbonyl (C=O) groups is 3. The van der Waals surface area contributed by atoms with Gasteiger partial charge in [-0.3, -0.25) is 14.5 Å². The van der Waals surface area contributed by atoms with Crippen molar-refractivity contribution in [2.24, 2.45) is 5.92 Å². The Labute approximate surface area is 185 Å². The molecule has 1 saturated heterocycles. The molecule has 1 heterocycles. The highest BCUT2D eigenvalue weighted by Crippen LogP contribution is 2.37. The third-order valence-corrected chi connectivity index (χ3v) is 6.70. The van der Waals surface area contributed by atoms with Crippen molar-refractivity contribution < 1.29 is 14.4 Å². The maximum Gasteiger partial charge on any atom is 0.325 e. The summed E-state index contributed by atoms with van der Waals surface area (Å²) in [4.78, 5) is 43.5. The minimum Gasteiger partial charge on any atom is -0.337 e. The highest BCUT2D eigenvalue weighted by atomic mass is 16.2. The molecule has 0 bridgehead atoms. The van der Waals surface area contributed by atoms with E-state index < -0.39 is 11.6 Å². The molecule has 0 radical (unpaired) electrons. The number of nitrogens with zero attached hydrogens (tertiary/aromatic N) is 3. The number of carbonyl (C=O) groups excluding carboxylic acids is 3. The third kappa shape index (κ3) is 5.26. The van der Waals surface area contributed by atoms with Crippen LogP contribution in [0.25, 0.3) is 0 Å². The lowest BCUT2D eigenvalue weighted by Gasteiger charge is -2.34. The SMILES string of the molecule is CCC1CCC2(CC1)NC(=O)N(CC(=O)N(CC)Cc1ccc(CN(C)C)cc1)C2=O. The summed E-state index contributed by atoms with van der Waals surface area (Å²) >= 11 is 0. The third-order valence-electron chi connectivity index (χ3n) is 6.70. The second-order valence-corrected chi connectivity index (χ2v) is 9.22. The normalized spacial score (nSPS) is 23.5. The van der Waals surface area contributed by atoms with Crippen molar-refractivity contribution >= 4 is 17.8 Å². The van der Waals surface area contributed by atoms with E-state index in [9.17, 15) is 14.4 Å². The number of hydrogen-bond acceptors (Lipinski definition) is 4. The van der Waals surface area contributed by atoms with E-state index in [1.165, 1.54) is 5.56 Å². The first-order chi connectivity index (χ1) is 14.8. The van der Waals surface area contributed by atoms with Gasteiger partial charge >= 0.3 is 6.03 Å². The molecule has 0 aromatic heterocycles. The molecule has 4 amide bonds. The van der Waals surface area contributed by atoms with E-state index in [-0.39, 0.29) is 18.4 Å². The summed E-state index contributed by atoms with van der Waals surface area (Å²) < 4.78 is 0. The van der Waals surface area contributed by atoms with Crippen LogP contribution in [0, 0.1) is 5.92 Å². The summed E-state index contributed by atoms with van der Waals surface area (Å²) in [6.07, 6.45) is 4.31. The summed E-state index contributed by atoms with van der Waals surface area (Å²) in [7, 11) is 4.06. The van der Waals surface area contributed by atoms with Crippen LogP contribution in [0.1, 0.15) is 57.1 Å². The first-order valence-corrected chi connectivity index (χ1v) is 11.4. The lowest BCUT2D eigenvalue weighted by Crippen LogP contribution is -2.50. The molecule has 1 aromatic rings. The Balaban J connectivity index is 1.61. The van der Waals surface area contributed by atoms with Gasteiger partial charge in [-0.15, -0.1) is 0 Å². The molecule has 7 heteroatoms. The summed E-state index contributed by atoms with van der Waals surface area (Å²) in [6.45, 7) is 5.73. The van der Waals surface area contributed by atoms with Gasteiger partial charge < -0.3 is 15.1 Å². The van der Waals surface area contributed by atoms with Gasteiger partial charge in [-0.05, 0) is 63.7 Å². The first kappa shape index (κ1) is 23.3. The Morgan fingerprint density at radius 1 is 1.06 bits per heavy atom. The van der Waals surface area contributed by atoms with E-state index in [2.05, 4.69) is 29.3 Å². The predicted octanol–water partition coefficient (Wildman–Crippen LogP) is 2.99. The number of amides is 4. The second kappa shape index (κ2) is 9.81. The van der Waals surface area contributed by atoms with Crippen molar-refractivity contribution in [2.75, 3.05) is 27.2 Å². The lowest BCUT2D eigenvalue weighted by molar-refractivity contribution is -0.140. The van der Waals surface area contributed by atoms with E-state index in [0.29, 0.717) is 31.8 Å². The number of imide groups is 1. The summed E-state index contributed by atoms with van der Waals surface area (Å²) in [5.41, 5.74) is 1.44. The number of hydrogen-bond donors (Lipinski definition) is 1. The molecular formula is C24H36N4O3. The highest BCUT2D eigenvalue weighted by Gasteiger charge is 2.52. The standard InChI is InChI=1S/C24H36N4O3/c1-5-18-11-13-24(14-12-18)22(30)28(23(31)25-24)17-21(29)27(6-2)16-20-9-7-19(8-10-20)15-26(3)4/h7-10,18H,5-6,11-17H2,1-4H3,(H,25,31). The van der Waals surface area contributed by atoms with Gasteiger partial charge in [0.2, 0.25) is 5.91 Å². The molecule has 1 N–H and O–H groups in total. The van der Waals surface area contributed by atoms with Crippen molar-refractivity contribution in [3.63, 3.8) is 0 Å². The van der Waals surface area contributed by atoms with Crippen molar-refractivity contribution in [1.82, 2.24) is 20.0 Å². The van der Waals surface area contributed by atoms with Gasteiger partial charge in [-0.25, -0.2) is 4.79 Å². The summed E-state index contributed by atoms with van der Waals surface area (Å²) in [6, 6.07) is 7.77. The van der Waals surface area contributed by atoms with Crippen molar-refractivity contribution in [2.45, 2.75) is 64.6 Å². The number of benzene rings is 1. The van der Waals surface area contributed by atoms with Gasteiger partial charge in [-0.1, -0.05) is 37.6 Å². The van der Waals surface area contributed by atoms with E-state index in [1.807, 2.05) is 33.2 Å². The van der Waals surface area contributed by atoms with Gasteiger partial charge in [0.05, 0.1) is 0 Å². The van der Waals surface area contributed by atoms with Gasteiger partial charge in [0.25, 0.3) is 5.91 Å². The molecule has 2 aliphatic rings. The fourth-order valence-corrected chi connectivity index (χ4v) is 4.68. The predicted molar refractivity (Wildman–Crippen MR) is 120 cm³/mol. The molecule has 0 atom stereocenters. The number of rotatable bonds is 8. The van der Waals surface area contributed by atoms with Gasteiger partial charge in [-0.2, -0.15) is 0 Å². The number of urea groups is 1. The Morgan fingerprint density at radius 2 is 1.65 bits per heavy atom. The van der Waals surface area contributed by atoms with Crippen LogP contribution in [0.4, 0.5) is 4.79 Å². The zero-order chi connectivity index (χ0) is 22.6. The zero-order valence-corrected chi connectivity index (χ0v) is 19.3. The molecule has 1 spiro atoms. The highest BCUT2D eigenvalue weighted by molar-refractivity contribution is 6.09. The number of nitrogens with one attached hydrogen (secondary N) is 1. The average molecular weight is 429 g/mol. The van der Waals surface area contributed by atoms with Crippen LogP contribution >= 0.6 is 0 Å². The minimum absolute atomic E-state index is 0.198. The Bertz CT molecular complexity index is 798. The molecular weight excluding hydrogens is 392 g/mol.